The molecule has 0 aromatic heterocycles. The molecule has 1 saturated carbocycles. The van der Waals surface area contributed by atoms with Crippen molar-refractivity contribution in [2.24, 2.45) is 0 Å². The van der Waals surface area contributed by atoms with Crippen LogP contribution in [0.15, 0.2) is 18.2 Å². The third-order valence-corrected chi connectivity index (χ3v) is 3.46. The molecule has 0 atom stereocenters. The van der Waals surface area contributed by atoms with Crippen LogP contribution in [0.5, 0.6) is 5.75 Å². The third-order valence-electron chi connectivity index (χ3n) is 3.46. The van der Waals surface area contributed by atoms with Gasteiger partial charge in [0.25, 0.3) is 0 Å². The normalized spacial score (nSPS) is 17.2. The van der Waals surface area contributed by atoms with Crippen LogP contribution in [0.3, 0.4) is 0 Å². The van der Waals surface area contributed by atoms with Gasteiger partial charge in [-0.1, -0.05) is 25.7 Å². The molecule has 0 spiro atoms. The number of anilines is 1. The van der Waals surface area contributed by atoms with Crippen LogP contribution < -0.4 is 10.1 Å². The van der Waals surface area contributed by atoms with Crippen LogP contribution in [0.4, 0.5) is 10.1 Å². The Hall–Kier alpha value is -1.25. The first-order valence-electron chi connectivity index (χ1n) is 6.98. The first-order chi connectivity index (χ1) is 8.79. The molecule has 1 aromatic carbocycles. The van der Waals surface area contributed by atoms with Gasteiger partial charge >= 0.3 is 0 Å². The Morgan fingerprint density at radius 3 is 2.56 bits per heavy atom. The number of ether oxygens (including phenoxy) is 1. The predicted octanol–water partition coefficient (Wildman–Crippen LogP) is 4.36. The second kappa shape index (κ2) is 6.62. The summed E-state index contributed by atoms with van der Waals surface area (Å²) in [6, 6.07) is 5.64. The molecule has 18 heavy (non-hydrogen) atoms. The summed E-state index contributed by atoms with van der Waals surface area (Å²) < 4.78 is 18.9. The highest BCUT2D eigenvalue weighted by Gasteiger charge is 2.12. The van der Waals surface area contributed by atoms with E-state index in [2.05, 4.69) is 5.32 Å². The van der Waals surface area contributed by atoms with Crippen LogP contribution in [0.25, 0.3) is 0 Å². The van der Waals surface area contributed by atoms with Crippen molar-refractivity contribution in [3.05, 3.63) is 24.0 Å². The number of hydrogen-bond donors (Lipinski definition) is 1. The van der Waals surface area contributed by atoms with Gasteiger partial charge in [0.05, 0.1) is 6.61 Å². The molecule has 0 saturated heterocycles. The third kappa shape index (κ3) is 3.62. The molecule has 0 amide bonds. The molecule has 3 heteroatoms. The van der Waals surface area contributed by atoms with E-state index in [4.69, 9.17) is 4.74 Å². The Bertz CT molecular complexity index is 373. The van der Waals surface area contributed by atoms with E-state index in [1.165, 1.54) is 44.6 Å². The van der Waals surface area contributed by atoms with E-state index in [0.29, 0.717) is 18.4 Å². The first kappa shape index (κ1) is 13.2. The number of hydrogen-bond acceptors (Lipinski definition) is 2. The Balaban J connectivity index is 1.98. The standard InChI is InChI=1S/C15H22FNO/c1-2-18-15-10-9-13(11-14(15)16)17-12-7-5-3-4-6-8-12/h9-12,17H,2-8H2,1H3. The van der Waals surface area contributed by atoms with Crippen LogP contribution in [0.1, 0.15) is 45.4 Å². The minimum Gasteiger partial charge on any atom is -0.491 e. The number of nitrogens with one attached hydrogen (secondary N) is 1. The first-order valence-corrected chi connectivity index (χ1v) is 6.98. The van der Waals surface area contributed by atoms with Gasteiger partial charge in [-0.2, -0.15) is 0 Å². The zero-order valence-corrected chi connectivity index (χ0v) is 11.0. The summed E-state index contributed by atoms with van der Waals surface area (Å²) in [5.74, 6) is 0.0550. The summed E-state index contributed by atoms with van der Waals surface area (Å²) in [6.45, 7) is 2.35. The van der Waals surface area contributed by atoms with E-state index in [1.807, 2.05) is 13.0 Å². The number of halogens is 1. The lowest BCUT2D eigenvalue weighted by atomic mass is 10.1. The zero-order chi connectivity index (χ0) is 12.8. The zero-order valence-electron chi connectivity index (χ0n) is 11.0. The van der Waals surface area contributed by atoms with Gasteiger partial charge in [0.2, 0.25) is 0 Å². The fourth-order valence-electron chi connectivity index (χ4n) is 2.52. The highest BCUT2D eigenvalue weighted by molar-refractivity contribution is 5.48. The molecular formula is C15H22FNO. The highest BCUT2D eigenvalue weighted by atomic mass is 19.1. The minimum atomic E-state index is -0.282. The van der Waals surface area contributed by atoms with Crippen molar-refractivity contribution in [2.75, 3.05) is 11.9 Å². The van der Waals surface area contributed by atoms with E-state index in [9.17, 15) is 4.39 Å². The summed E-state index contributed by atoms with van der Waals surface area (Å²) in [4.78, 5) is 0. The fourth-order valence-corrected chi connectivity index (χ4v) is 2.52. The molecule has 1 aliphatic carbocycles. The van der Waals surface area contributed by atoms with Crippen molar-refractivity contribution in [2.45, 2.75) is 51.5 Å². The van der Waals surface area contributed by atoms with Crippen molar-refractivity contribution in [1.82, 2.24) is 0 Å². The average molecular weight is 251 g/mol. The fraction of sp³-hybridized carbons (Fsp3) is 0.600. The van der Waals surface area contributed by atoms with Gasteiger partial charge in [0.15, 0.2) is 11.6 Å². The molecule has 0 radical (unpaired) electrons. The van der Waals surface area contributed by atoms with E-state index in [-0.39, 0.29) is 5.82 Å². The summed E-state index contributed by atoms with van der Waals surface area (Å²) in [5.41, 5.74) is 0.864. The molecular weight excluding hydrogens is 229 g/mol. The van der Waals surface area contributed by atoms with Gasteiger partial charge in [-0.05, 0) is 31.9 Å². The number of rotatable bonds is 4. The van der Waals surface area contributed by atoms with E-state index in [1.54, 1.807) is 6.07 Å². The highest BCUT2D eigenvalue weighted by Crippen LogP contribution is 2.24. The Kier molecular flexibility index (Phi) is 4.85. The molecule has 1 aromatic rings. The molecule has 1 aliphatic rings. The molecule has 1 N–H and O–H groups in total. The molecule has 1 fully saturated rings. The van der Waals surface area contributed by atoms with Crippen LogP contribution in [0.2, 0.25) is 0 Å². The predicted molar refractivity (Wildman–Crippen MR) is 72.7 cm³/mol. The smallest absolute Gasteiger partial charge is 0.167 e. The van der Waals surface area contributed by atoms with E-state index < -0.39 is 0 Å². The van der Waals surface area contributed by atoms with Crippen molar-refractivity contribution in [3.63, 3.8) is 0 Å². The largest absolute Gasteiger partial charge is 0.491 e. The quantitative estimate of drug-likeness (QED) is 0.803. The second-order valence-electron chi connectivity index (χ2n) is 4.91. The molecule has 100 valence electrons. The Morgan fingerprint density at radius 1 is 1.22 bits per heavy atom. The lowest BCUT2D eigenvalue weighted by molar-refractivity contribution is 0.321. The van der Waals surface area contributed by atoms with Gasteiger partial charge < -0.3 is 10.1 Å². The van der Waals surface area contributed by atoms with Gasteiger partial charge in [-0.3, -0.25) is 0 Å². The van der Waals surface area contributed by atoms with E-state index >= 15 is 0 Å². The lowest BCUT2D eigenvalue weighted by Gasteiger charge is -2.18. The van der Waals surface area contributed by atoms with E-state index in [0.717, 1.165) is 5.69 Å². The molecule has 0 aliphatic heterocycles. The van der Waals surface area contributed by atoms with Crippen molar-refractivity contribution in [3.8, 4) is 5.75 Å². The van der Waals surface area contributed by atoms with Crippen LogP contribution in [-0.2, 0) is 0 Å². The maximum absolute atomic E-state index is 13.7. The average Bonchev–Trinajstić information content (AvgIpc) is 2.61. The molecule has 0 heterocycles. The van der Waals surface area contributed by atoms with Crippen molar-refractivity contribution < 1.29 is 9.13 Å². The van der Waals surface area contributed by atoms with Crippen molar-refractivity contribution >= 4 is 5.69 Å². The molecule has 2 rings (SSSR count). The summed E-state index contributed by atoms with van der Waals surface area (Å²) in [5, 5.41) is 3.44. The van der Waals surface area contributed by atoms with Crippen LogP contribution in [0, 0.1) is 5.82 Å². The Labute approximate surface area is 109 Å². The SMILES string of the molecule is CCOc1ccc(NC2CCCCCC2)cc1F. The summed E-state index contributed by atoms with van der Waals surface area (Å²) >= 11 is 0. The summed E-state index contributed by atoms with van der Waals surface area (Å²) in [6.07, 6.45) is 7.59. The van der Waals surface area contributed by atoms with Crippen LogP contribution in [-0.4, -0.2) is 12.6 Å². The van der Waals surface area contributed by atoms with Gasteiger partial charge in [0.1, 0.15) is 0 Å². The monoisotopic (exact) mass is 251 g/mol. The lowest BCUT2D eigenvalue weighted by Crippen LogP contribution is -2.18. The second-order valence-corrected chi connectivity index (χ2v) is 4.91. The molecule has 0 unspecified atom stereocenters. The van der Waals surface area contributed by atoms with Gasteiger partial charge in [-0.25, -0.2) is 4.39 Å². The number of benzene rings is 1. The minimum absolute atomic E-state index is 0.282. The maximum Gasteiger partial charge on any atom is 0.167 e. The van der Waals surface area contributed by atoms with Crippen molar-refractivity contribution in [1.29, 1.82) is 0 Å². The Morgan fingerprint density at radius 2 is 1.94 bits per heavy atom. The maximum atomic E-state index is 13.7. The molecule has 0 bridgehead atoms. The topological polar surface area (TPSA) is 21.3 Å². The van der Waals surface area contributed by atoms with Gasteiger partial charge in [-0.15, -0.1) is 0 Å². The van der Waals surface area contributed by atoms with Crippen LogP contribution >= 0.6 is 0 Å². The molecule has 2 nitrogen and oxygen atoms in total. The summed E-state index contributed by atoms with van der Waals surface area (Å²) in [7, 11) is 0. The van der Waals surface area contributed by atoms with Gasteiger partial charge in [0, 0.05) is 17.8 Å².